The molecule has 0 radical (unpaired) electrons. The number of benzene rings is 2. The topological polar surface area (TPSA) is 55.8 Å². The van der Waals surface area contributed by atoms with Crippen LogP contribution in [0.5, 0.6) is 5.75 Å². The van der Waals surface area contributed by atoms with Gasteiger partial charge in [0.05, 0.1) is 12.7 Å². The van der Waals surface area contributed by atoms with E-state index in [9.17, 15) is 14.0 Å². The molecule has 1 aliphatic carbocycles. The maximum Gasteiger partial charge on any atom is 0.337 e. The van der Waals surface area contributed by atoms with Gasteiger partial charge in [0.2, 0.25) is 0 Å². The van der Waals surface area contributed by atoms with Crippen LogP contribution in [0.1, 0.15) is 28.8 Å². The van der Waals surface area contributed by atoms with Crippen molar-refractivity contribution < 1.29 is 23.5 Å². The van der Waals surface area contributed by atoms with Crippen molar-refractivity contribution in [1.82, 2.24) is 4.90 Å². The quantitative estimate of drug-likeness (QED) is 0.714. The molecule has 136 valence electrons. The molecule has 0 saturated heterocycles. The third-order valence-electron chi connectivity index (χ3n) is 4.24. The lowest BCUT2D eigenvalue weighted by molar-refractivity contribution is -0.134. The average molecular weight is 357 g/mol. The maximum absolute atomic E-state index is 13.9. The number of carbonyl (C=O) groups is 2. The molecular weight excluding hydrogens is 337 g/mol. The second kappa shape index (κ2) is 7.99. The minimum atomic E-state index is -0.433. The molecule has 0 bridgehead atoms. The van der Waals surface area contributed by atoms with Gasteiger partial charge in [-0.2, -0.15) is 0 Å². The van der Waals surface area contributed by atoms with Gasteiger partial charge in [-0.1, -0.05) is 18.2 Å². The number of carbonyl (C=O) groups excluding carboxylic acids is 2. The van der Waals surface area contributed by atoms with Gasteiger partial charge in [-0.05, 0) is 43.2 Å². The number of esters is 1. The molecule has 0 atom stereocenters. The van der Waals surface area contributed by atoms with Crippen LogP contribution in [-0.2, 0) is 16.1 Å². The lowest BCUT2D eigenvalue weighted by Gasteiger charge is -2.23. The van der Waals surface area contributed by atoms with Gasteiger partial charge in [0.25, 0.3) is 5.91 Å². The van der Waals surface area contributed by atoms with Crippen LogP contribution < -0.4 is 4.74 Å². The zero-order valence-electron chi connectivity index (χ0n) is 14.5. The number of amides is 1. The van der Waals surface area contributed by atoms with Gasteiger partial charge < -0.3 is 14.4 Å². The summed E-state index contributed by atoms with van der Waals surface area (Å²) in [6.45, 7) is 0.101. The molecule has 1 saturated carbocycles. The summed E-state index contributed by atoms with van der Waals surface area (Å²) in [5.74, 6) is -0.455. The van der Waals surface area contributed by atoms with E-state index in [1.807, 2.05) is 0 Å². The number of hydrogen-bond acceptors (Lipinski definition) is 4. The first kappa shape index (κ1) is 17.9. The Balaban J connectivity index is 1.60. The van der Waals surface area contributed by atoms with Crippen molar-refractivity contribution in [3.05, 3.63) is 65.5 Å². The third-order valence-corrected chi connectivity index (χ3v) is 4.24. The molecule has 1 aliphatic rings. The highest BCUT2D eigenvalue weighted by atomic mass is 19.1. The average Bonchev–Trinajstić information content (AvgIpc) is 3.50. The molecule has 2 aromatic rings. The second-order valence-electron chi connectivity index (χ2n) is 6.15. The minimum Gasteiger partial charge on any atom is -0.484 e. The summed E-state index contributed by atoms with van der Waals surface area (Å²) < 4.78 is 24.0. The molecule has 0 aromatic heterocycles. The van der Waals surface area contributed by atoms with Crippen LogP contribution in [0.25, 0.3) is 0 Å². The summed E-state index contributed by atoms with van der Waals surface area (Å²) in [4.78, 5) is 25.6. The van der Waals surface area contributed by atoms with E-state index < -0.39 is 5.97 Å². The van der Waals surface area contributed by atoms with E-state index >= 15 is 0 Å². The Labute approximate surface area is 151 Å². The number of ether oxygens (including phenoxy) is 2. The Bertz CT molecular complexity index is 787. The van der Waals surface area contributed by atoms with Gasteiger partial charge >= 0.3 is 5.97 Å². The summed E-state index contributed by atoms with van der Waals surface area (Å²) in [6, 6.07) is 13.0. The fourth-order valence-electron chi connectivity index (χ4n) is 2.65. The number of rotatable bonds is 7. The Morgan fingerprint density at radius 3 is 2.42 bits per heavy atom. The first-order valence-corrected chi connectivity index (χ1v) is 8.42. The van der Waals surface area contributed by atoms with Crippen LogP contribution >= 0.6 is 0 Å². The summed E-state index contributed by atoms with van der Waals surface area (Å²) >= 11 is 0. The Hall–Kier alpha value is -2.89. The number of halogens is 1. The van der Waals surface area contributed by atoms with E-state index in [-0.39, 0.29) is 30.9 Å². The summed E-state index contributed by atoms with van der Waals surface area (Å²) in [7, 11) is 1.31. The standard InChI is InChI=1S/C20H20FNO4/c1-25-20(24)14-6-10-17(11-7-14)26-13-19(23)22(16-8-9-16)12-15-4-2-3-5-18(15)21/h2-7,10-11,16H,8-9,12-13H2,1H3. The summed E-state index contributed by atoms with van der Waals surface area (Å²) in [5.41, 5.74) is 0.903. The second-order valence-corrected chi connectivity index (χ2v) is 6.15. The van der Waals surface area contributed by atoms with E-state index in [2.05, 4.69) is 4.74 Å². The number of hydrogen-bond donors (Lipinski definition) is 0. The predicted molar refractivity (Wildman–Crippen MR) is 93.2 cm³/mol. The molecule has 1 amide bonds. The molecule has 0 N–H and O–H groups in total. The number of nitrogens with zero attached hydrogens (tertiary/aromatic N) is 1. The van der Waals surface area contributed by atoms with Gasteiger partial charge in [-0.25, -0.2) is 9.18 Å². The van der Waals surface area contributed by atoms with E-state index in [4.69, 9.17) is 4.74 Å². The highest BCUT2D eigenvalue weighted by molar-refractivity contribution is 5.89. The van der Waals surface area contributed by atoms with Crippen LogP contribution in [0.3, 0.4) is 0 Å². The normalized spacial score (nSPS) is 13.2. The fraction of sp³-hybridized carbons (Fsp3) is 0.300. The molecule has 2 aromatic carbocycles. The molecule has 0 unspecified atom stereocenters. The van der Waals surface area contributed by atoms with Crippen molar-refractivity contribution in [2.75, 3.05) is 13.7 Å². The smallest absolute Gasteiger partial charge is 0.337 e. The van der Waals surface area contributed by atoms with Crippen LogP contribution in [-0.4, -0.2) is 36.5 Å². The van der Waals surface area contributed by atoms with E-state index in [0.717, 1.165) is 12.8 Å². The first-order valence-electron chi connectivity index (χ1n) is 8.42. The highest BCUT2D eigenvalue weighted by Gasteiger charge is 2.33. The van der Waals surface area contributed by atoms with E-state index in [1.165, 1.54) is 13.2 Å². The first-order chi connectivity index (χ1) is 12.6. The lowest BCUT2D eigenvalue weighted by Crippen LogP contribution is -2.36. The van der Waals surface area contributed by atoms with Crippen molar-refractivity contribution in [3.8, 4) is 5.75 Å². The van der Waals surface area contributed by atoms with Gasteiger partial charge in [0.1, 0.15) is 11.6 Å². The van der Waals surface area contributed by atoms with Crippen molar-refractivity contribution in [2.24, 2.45) is 0 Å². The van der Waals surface area contributed by atoms with Crippen LogP contribution in [0.4, 0.5) is 4.39 Å². The Kier molecular flexibility index (Phi) is 5.51. The molecule has 0 heterocycles. The van der Waals surface area contributed by atoms with Crippen LogP contribution in [0, 0.1) is 5.82 Å². The Morgan fingerprint density at radius 2 is 1.81 bits per heavy atom. The maximum atomic E-state index is 13.9. The number of methoxy groups -OCH3 is 1. The van der Waals surface area contributed by atoms with Crippen molar-refractivity contribution >= 4 is 11.9 Å². The molecule has 6 heteroatoms. The Morgan fingerprint density at radius 1 is 1.12 bits per heavy atom. The van der Waals surface area contributed by atoms with Gasteiger partial charge in [-0.3, -0.25) is 4.79 Å². The van der Waals surface area contributed by atoms with Gasteiger partial charge in [-0.15, -0.1) is 0 Å². The van der Waals surface area contributed by atoms with Crippen molar-refractivity contribution in [3.63, 3.8) is 0 Å². The van der Waals surface area contributed by atoms with Crippen LogP contribution in [0.15, 0.2) is 48.5 Å². The lowest BCUT2D eigenvalue weighted by atomic mass is 10.2. The summed E-state index contributed by atoms with van der Waals surface area (Å²) in [6.07, 6.45) is 1.85. The van der Waals surface area contributed by atoms with Gasteiger partial charge in [0, 0.05) is 18.2 Å². The molecule has 0 spiro atoms. The molecular formula is C20H20FNO4. The molecule has 3 rings (SSSR count). The van der Waals surface area contributed by atoms with E-state index in [1.54, 1.807) is 47.4 Å². The highest BCUT2D eigenvalue weighted by Crippen LogP contribution is 2.29. The van der Waals surface area contributed by atoms with Crippen molar-refractivity contribution in [2.45, 2.75) is 25.4 Å². The largest absolute Gasteiger partial charge is 0.484 e. The third kappa shape index (κ3) is 4.39. The summed E-state index contributed by atoms with van der Waals surface area (Å²) in [5, 5.41) is 0. The molecule has 26 heavy (non-hydrogen) atoms. The molecule has 1 fully saturated rings. The van der Waals surface area contributed by atoms with Crippen molar-refractivity contribution in [1.29, 1.82) is 0 Å². The van der Waals surface area contributed by atoms with Crippen LogP contribution in [0.2, 0.25) is 0 Å². The van der Waals surface area contributed by atoms with E-state index in [0.29, 0.717) is 16.9 Å². The SMILES string of the molecule is COC(=O)c1ccc(OCC(=O)N(Cc2ccccc2F)C2CC2)cc1. The molecule has 0 aliphatic heterocycles. The monoisotopic (exact) mass is 357 g/mol. The zero-order valence-corrected chi connectivity index (χ0v) is 14.5. The predicted octanol–water partition coefficient (Wildman–Crippen LogP) is 3.18. The minimum absolute atomic E-state index is 0.136. The van der Waals surface area contributed by atoms with Gasteiger partial charge in [0.15, 0.2) is 6.61 Å². The molecule has 5 nitrogen and oxygen atoms in total. The fourth-order valence-corrected chi connectivity index (χ4v) is 2.65. The zero-order chi connectivity index (χ0) is 18.5.